The summed E-state index contributed by atoms with van der Waals surface area (Å²) in [6.45, 7) is 7.69. The Hall–Kier alpha value is -2.24. The highest BCUT2D eigenvalue weighted by molar-refractivity contribution is 6.31. The molecule has 0 saturated carbocycles. The van der Waals surface area contributed by atoms with Crippen molar-refractivity contribution >= 4 is 29.0 Å². The van der Waals surface area contributed by atoms with Gasteiger partial charge in [-0.05, 0) is 49.6 Å². The van der Waals surface area contributed by atoms with Crippen LogP contribution in [0.3, 0.4) is 0 Å². The van der Waals surface area contributed by atoms with E-state index in [4.69, 9.17) is 11.6 Å². The van der Waals surface area contributed by atoms with Crippen LogP contribution in [-0.2, 0) is 0 Å². The first-order valence-electron chi connectivity index (χ1n) is 10.5. The second kappa shape index (κ2) is 9.06. The SMILES string of the molecule is Cc1c(Cl)cccc1NC(=O)N1CCC[C@H](N2CCN(c3ccccc3)CC2)C1. The highest BCUT2D eigenvalue weighted by Gasteiger charge is 2.30. The van der Waals surface area contributed by atoms with E-state index >= 15 is 0 Å². The van der Waals surface area contributed by atoms with Crippen molar-refractivity contribution in [1.82, 2.24) is 9.80 Å². The lowest BCUT2D eigenvalue weighted by atomic mass is 10.0. The Balaban J connectivity index is 1.33. The van der Waals surface area contributed by atoms with E-state index in [0.29, 0.717) is 11.1 Å². The molecule has 5 nitrogen and oxygen atoms in total. The summed E-state index contributed by atoms with van der Waals surface area (Å²) in [5.41, 5.74) is 3.00. The average molecular weight is 413 g/mol. The predicted octanol–water partition coefficient (Wildman–Crippen LogP) is 4.47. The summed E-state index contributed by atoms with van der Waals surface area (Å²) < 4.78 is 0. The van der Waals surface area contributed by atoms with Gasteiger partial charge in [-0.25, -0.2) is 4.79 Å². The van der Waals surface area contributed by atoms with Crippen LogP contribution in [0, 0.1) is 6.92 Å². The second-order valence-corrected chi connectivity index (χ2v) is 8.35. The number of anilines is 2. The highest BCUT2D eigenvalue weighted by atomic mass is 35.5. The standard InChI is InChI=1S/C23H29ClN4O/c1-18-21(24)10-5-11-22(18)25-23(29)28-12-6-9-20(17-28)27-15-13-26(14-16-27)19-7-3-2-4-8-19/h2-5,7-8,10-11,20H,6,9,12-17H2,1H3,(H,25,29)/t20-/m0/s1. The molecule has 0 unspecified atom stereocenters. The fourth-order valence-electron chi connectivity index (χ4n) is 4.36. The van der Waals surface area contributed by atoms with E-state index in [2.05, 4.69) is 45.4 Å². The van der Waals surface area contributed by atoms with E-state index in [-0.39, 0.29) is 6.03 Å². The molecule has 2 aromatic rings. The smallest absolute Gasteiger partial charge is 0.321 e. The Morgan fingerprint density at radius 2 is 1.76 bits per heavy atom. The lowest BCUT2D eigenvalue weighted by Gasteiger charge is -2.43. The van der Waals surface area contributed by atoms with Gasteiger partial charge < -0.3 is 15.1 Å². The van der Waals surface area contributed by atoms with Gasteiger partial charge in [-0.2, -0.15) is 0 Å². The zero-order valence-corrected chi connectivity index (χ0v) is 17.7. The number of benzene rings is 2. The van der Waals surface area contributed by atoms with E-state index in [0.717, 1.165) is 63.4 Å². The minimum absolute atomic E-state index is 0.0250. The molecule has 0 radical (unpaired) electrons. The molecule has 1 atom stereocenters. The summed E-state index contributed by atoms with van der Waals surface area (Å²) in [6, 6.07) is 16.7. The first-order chi connectivity index (χ1) is 14.1. The number of halogens is 1. The zero-order valence-electron chi connectivity index (χ0n) is 17.0. The van der Waals surface area contributed by atoms with Crippen molar-refractivity contribution in [3.8, 4) is 0 Å². The summed E-state index contributed by atoms with van der Waals surface area (Å²) in [7, 11) is 0. The van der Waals surface area contributed by atoms with Gasteiger partial charge in [-0.1, -0.05) is 35.9 Å². The zero-order chi connectivity index (χ0) is 20.2. The van der Waals surface area contributed by atoms with E-state index in [1.807, 2.05) is 30.0 Å². The number of urea groups is 1. The van der Waals surface area contributed by atoms with Crippen molar-refractivity contribution in [2.75, 3.05) is 49.5 Å². The van der Waals surface area contributed by atoms with Gasteiger partial charge >= 0.3 is 6.03 Å². The molecule has 0 aliphatic carbocycles. The number of hydrogen-bond acceptors (Lipinski definition) is 3. The van der Waals surface area contributed by atoms with Crippen LogP contribution in [0.5, 0.6) is 0 Å². The van der Waals surface area contributed by atoms with Gasteiger partial charge in [-0.15, -0.1) is 0 Å². The molecule has 154 valence electrons. The number of piperazine rings is 1. The Kier molecular flexibility index (Phi) is 6.26. The first kappa shape index (κ1) is 20.0. The molecule has 2 heterocycles. The van der Waals surface area contributed by atoms with Crippen LogP contribution >= 0.6 is 11.6 Å². The third-order valence-corrected chi connectivity index (χ3v) is 6.55. The van der Waals surface area contributed by atoms with Crippen LogP contribution < -0.4 is 10.2 Å². The lowest BCUT2D eigenvalue weighted by molar-refractivity contribution is 0.108. The van der Waals surface area contributed by atoms with Gasteiger partial charge in [0, 0.05) is 61.7 Å². The van der Waals surface area contributed by atoms with Crippen molar-refractivity contribution in [3.05, 3.63) is 59.1 Å². The number of carbonyl (C=O) groups is 1. The molecule has 29 heavy (non-hydrogen) atoms. The van der Waals surface area contributed by atoms with Gasteiger partial charge in [0.15, 0.2) is 0 Å². The van der Waals surface area contributed by atoms with Gasteiger partial charge in [0.1, 0.15) is 0 Å². The second-order valence-electron chi connectivity index (χ2n) is 7.94. The molecule has 2 saturated heterocycles. The van der Waals surface area contributed by atoms with Crippen LogP contribution in [0.1, 0.15) is 18.4 Å². The normalized spacial score (nSPS) is 20.6. The summed E-state index contributed by atoms with van der Waals surface area (Å²) in [5, 5.41) is 3.73. The number of rotatable bonds is 3. The van der Waals surface area contributed by atoms with Gasteiger partial charge in [0.05, 0.1) is 0 Å². The average Bonchev–Trinajstić information content (AvgIpc) is 2.78. The molecular formula is C23H29ClN4O. The number of piperidine rings is 1. The summed E-state index contributed by atoms with van der Waals surface area (Å²) in [5.74, 6) is 0. The number of carbonyl (C=O) groups excluding carboxylic acids is 1. The molecule has 2 aliphatic rings. The van der Waals surface area contributed by atoms with E-state index in [1.165, 1.54) is 5.69 Å². The van der Waals surface area contributed by atoms with E-state index in [1.54, 1.807) is 0 Å². The molecule has 4 rings (SSSR count). The summed E-state index contributed by atoms with van der Waals surface area (Å²) in [6.07, 6.45) is 2.21. The Labute approximate surface area is 178 Å². The van der Waals surface area contributed by atoms with Crippen LogP contribution in [0.25, 0.3) is 0 Å². The molecular weight excluding hydrogens is 384 g/mol. The topological polar surface area (TPSA) is 38.8 Å². The third kappa shape index (κ3) is 4.68. The maximum atomic E-state index is 12.8. The molecule has 2 amide bonds. The number of likely N-dealkylation sites (tertiary alicyclic amines) is 1. The minimum Gasteiger partial charge on any atom is -0.369 e. The Morgan fingerprint density at radius 3 is 2.52 bits per heavy atom. The number of amides is 2. The molecule has 2 aromatic carbocycles. The molecule has 1 N–H and O–H groups in total. The summed E-state index contributed by atoms with van der Waals surface area (Å²) in [4.78, 5) is 19.8. The number of hydrogen-bond donors (Lipinski definition) is 1. The predicted molar refractivity (Wildman–Crippen MR) is 120 cm³/mol. The molecule has 0 aromatic heterocycles. The van der Waals surface area contributed by atoms with E-state index in [9.17, 15) is 4.79 Å². The van der Waals surface area contributed by atoms with Crippen LogP contribution in [0.2, 0.25) is 5.02 Å². The maximum Gasteiger partial charge on any atom is 0.321 e. The largest absolute Gasteiger partial charge is 0.369 e. The van der Waals surface area contributed by atoms with Crippen molar-refractivity contribution in [1.29, 1.82) is 0 Å². The highest BCUT2D eigenvalue weighted by Crippen LogP contribution is 2.25. The van der Waals surface area contributed by atoms with Crippen molar-refractivity contribution in [2.45, 2.75) is 25.8 Å². The molecule has 2 aliphatic heterocycles. The monoisotopic (exact) mass is 412 g/mol. The Bertz CT molecular complexity index is 836. The van der Waals surface area contributed by atoms with Crippen LogP contribution in [0.4, 0.5) is 16.2 Å². The van der Waals surface area contributed by atoms with Gasteiger partial charge in [-0.3, -0.25) is 4.90 Å². The molecule has 0 spiro atoms. The Morgan fingerprint density at radius 1 is 1.00 bits per heavy atom. The third-order valence-electron chi connectivity index (χ3n) is 6.15. The lowest BCUT2D eigenvalue weighted by Crippen LogP contribution is -2.56. The van der Waals surface area contributed by atoms with Crippen molar-refractivity contribution in [3.63, 3.8) is 0 Å². The van der Waals surface area contributed by atoms with Gasteiger partial charge in [0.25, 0.3) is 0 Å². The molecule has 0 bridgehead atoms. The fraction of sp³-hybridized carbons (Fsp3) is 0.435. The van der Waals surface area contributed by atoms with Gasteiger partial charge in [0.2, 0.25) is 0 Å². The number of para-hydroxylation sites is 1. The maximum absolute atomic E-state index is 12.8. The number of nitrogens with one attached hydrogen (secondary N) is 1. The quantitative estimate of drug-likeness (QED) is 0.808. The summed E-state index contributed by atoms with van der Waals surface area (Å²) >= 11 is 6.19. The number of nitrogens with zero attached hydrogens (tertiary/aromatic N) is 3. The fourth-order valence-corrected chi connectivity index (χ4v) is 4.53. The first-order valence-corrected chi connectivity index (χ1v) is 10.8. The van der Waals surface area contributed by atoms with Crippen molar-refractivity contribution < 1.29 is 4.79 Å². The molecule has 6 heteroatoms. The van der Waals surface area contributed by atoms with Crippen LogP contribution in [-0.4, -0.2) is 61.1 Å². The molecule has 2 fully saturated rings. The minimum atomic E-state index is -0.0250. The van der Waals surface area contributed by atoms with Crippen molar-refractivity contribution in [2.24, 2.45) is 0 Å². The van der Waals surface area contributed by atoms with E-state index < -0.39 is 0 Å². The van der Waals surface area contributed by atoms with Crippen LogP contribution in [0.15, 0.2) is 48.5 Å².